The van der Waals surface area contributed by atoms with Crippen LogP contribution in [0.1, 0.15) is 0 Å². The van der Waals surface area contributed by atoms with Crippen LogP contribution in [0.25, 0.3) is 99.7 Å². The van der Waals surface area contributed by atoms with Gasteiger partial charge in [-0.25, -0.2) is 9.97 Å². The van der Waals surface area contributed by atoms with E-state index >= 15 is 0 Å². The molecule has 0 atom stereocenters. The zero-order valence-electron chi connectivity index (χ0n) is 29.3. The van der Waals surface area contributed by atoms with Gasteiger partial charge in [-0.1, -0.05) is 133 Å². The van der Waals surface area contributed by atoms with Crippen LogP contribution in [0.15, 0.2) is 194 Å². The molecule has 0 radical (unpaired) electrons. The maximum atomic E-state index is 5.44. The van der Waals surface area contributed by atoms with Crippen molar-refractivity contribution in [1.29, 1.82) is 0 Å². The average Bonchev–Trinajstić information content (AvgIpc) is 3.75. The summed E-state index contributed by atoms with van der Waals surface area (Å²) in [7, 11) is 0. The molecule has 0 bridgehead atoms. The molecule has 3 aromatic heterocycles. The summed E-state index contributed by atoms with van der Waals surface area (Å²) in [5.41, 5.74) is 14.7. The lowest BCUT2D eigenvalue weighted by Crippen LogP contribution is -1.99. The second kappa shape index (κ2) is 12.1. The van der Waals surface area contributed by atoms with Gasteiger partial charge in [0.15, 0.2) is 0 Å². The molecule has 0 aliphatic carbocycles. The van der Waals surface area contributed by atoms with E-state index in [0.29, 0.717) is 0 Å². The van der Waals surface area contributed by atoms with E-state index in [0.717, 1.165) is 61.5 Å². The van der Waals surface area contributed by atoms with Gasteiger partial charge in [0.25, 0.3) is 0 Å². The van der Waals surface area contributed by atoms with Gasteiger partial charge in [0.1, 0.15) is 0 Å². The Morgan fingerprint density at radius 2 is 0.796 bits per heavy atom. The average molecular weight is 689 g/mol. The van der Waals surface area contributed by atoms with Gasteiger partial charge in [-0.05, 0) is 71.8 Å². The Morgan fingerprint density at radius 3 is 1.48 bits per heavy atom. The van der Waals surface area contributed by atoms with Gasteiger partial charge in [0, 0.05) is 44.0 Å². The van der Waals surface area contributed by atoms with E-state index in [9.17, 15) is 0 Å². The number of hydrogen-bond acceptors (Lipinski definition) is 2. The molecule has 0 saturated carbocycles. The van der Waals surface area contributed by atoms with Crippen LogP contribution in [0.3, 0.4) is 0 Å². The number of rotatable bonds is 5. The first kappa shape index (κ1) is 30.3. The van der Waals surface area contributed by atoms with E-state index in [1.807, 2.05) is 6.07 Å². The van der Waals surface area contributed by atoms with E-state index in [4.69, 9.17) is 9.97 Å². The fourth-order valence-electron chi connectivity index (χ4n) is 8.22. The summed E-state index contributed by atoms with van der Waals surface area (Å²) < 4.78 is 4.78. The van der Waals surface area contributed by atoms with Crippen molar-refractivity contribution in [2.24, 2.45) is 0 Å². The van der Waals surface area contributed by atoms with Gasteiger partial charge in [-0.2, -0.15) is 0 Å². The fraction of sp³-hybridized carbons (Fsp3) is 0. The van der Waals surface area contributed by atoms with Crippen molar-refractivity contribution in [3.05, 3.63) is 194 Å². The molecule has 0 aliphatic rings. The molecule has 3 heterocycles. The lowest BCUT2D eigenvalue weighted by Gasteiger charge is -2.14. The summed E-state index contributed by atoms with van der Waals surface area (Å²) >= 11 is 0. The number of nitrogens with zero attached hydrogens (tertiary/aromatic N) is 4. The van der Waals surface area contributed by atoms with Crippen molar-refractivity contribution in [3.8, 4) is 45.0 Å². The van der Waals surface area contributed by atoms with E-state index in [1.54, 1.807) is 0 Å². The van der Waals surface area contributed by atoms with Crippen LogP contribution < -0.4 is 0 Å². The predicted molar refractivity (Wildman–Crippen MR) is 225 cm³/mol. The van der Waals surface area contributed by atoms with E-state index in [-0.39, 0.29) is 0 Å². The predicted octanol–water partition coefficient (Wildman–Crippen LogP) is 12.8. The minimum atomic E-state index is 0.845. The SMILES string of the molecule is c1ccc(-c2cccc(-c3nc4cc(-n5c6ccccc6c6cc7c8ccccc8n(-c8ccccc8)c7cc65)ccc4nc3-c3ccccc3)c2)cc1. The summed E-state index contributed by atoms with van der Waals surface area (Å²) in [4.78, 5) is 10.7. The van der Waals surface area contributed by atoms with Gasteiger partial charge in [0.05, 0.1) is 44.5 Å². The van der Waals surface area contributed by atoms with E-state index in [1.165, 1.54) is 38.1 Å². The molecule has 0 spiro atoms. The molecule has 11 rings (SSSR count). The van der Waals surface area contributed by atoms with Gasteiger partial charge < -0.3 is 9.13 Å². The summed E-state index contributed by atoms with van der Waals surface area (Å²) in [5, 5.41) is 4.92. The topological polar surface area (TPSA) is 35.6 Å². The first-order valence-electron chi connectivity index (χ1n) is 18.3. The zero-order valence-corrected chi connectivity index (χ0v) is 29.3. The third-order valence-electron chi connectivity index (χ3n) is 10.7. The first-order valence-corrected chi connectivity index (χ1v) is 18.3. The standard InChI is InChI=1S/C50H32N4/c1-4-15-33(16-5-1)35-19-14-20-36(29-35)50-49(34-17-6-2-7-18-34)51-43-28-27-38(30-44(43)52-50)54-46-26-13-11-24-40(46)42-31-41-39-23-10-12-25-45(39)53(47(41)32-48(42)54)37-21-8-3-9-22-37/h1-32H. The molecular formula is C50H32N4. The smallest absolute Gasteiger partial charge is 0.0973 e. The largest absolute Gasteiger partial charge is 0.309 e. The minimum absolute atomic E-state index is 0.845. The number of para-hydroxylation sites is 3. The summed E-state index contributed by atoms with van der Waals surface area (Å²) in [5.74, 6) is 0. The number of fused-ring (bicyclic) bond motifs is 7. The molecule has 11 aromatic rings. The third-order valence-corrected chi connectivity index (χ3v) is 10.7. The highest BCUT2D eigenvalue weighted by molar-refractivity contribution is 6.19. The molecule has 54 heavy (non-hydrogen) atoms. The van der Waals surface area contributed by atoms with Gasteiger partial charge in [0.2, 0.25) is 0 Å². The van der Waals surface area contributed by atoms with Crippen molar-refractivity contribution in [2.45, 2.75) is 0 Å². The number of benzene rings is 8. The summed E-state index contributed by atoms with van der Waals surface area (Å²) in [6.45, 7) is 0. The Kier molecular flexibility index (Phi) is 6.82. The summed E-state index contributed by atoms with van der Waals surface area (Å²) in [6.07, 6.45) is 0. The Morgan fingerprint density at radius 1 is 0.278 bits per heavy atom. The molecule has 252 valence electrons. The highest BCUT2D eigenvalue weighted by atomic mass is 15.0. The Balaban J connectivity index is 1.16. The van der Waals surface area contributed by atoms with Crippen LogP contribution in [0.2, 0.25) is 0 Å². The number of aromatic nitrogens is 4. The third kappa shape index (κ3) is 4.78. The Bertz CT molecular complexity index is 3200. The highest BCUT2D eigenvalue weighted by Gasteiger charge is 2.20. The van der Waals surface area contributed by atoms with Crippen molar-refractivity contribution < 1.29 is 0 Å². The van der Waals surface area contributed by atoms with Gasteiger partial charge in [-0.3, -0.25) is 0 Å². The fourth-order valence-corrected chi connectivity index (χ4v) is 8.22. The quantitative estimate of drug-likeness (QED) is 0.180. The molecule has 0 fully saturated rings. The number of hydrogen-bond donors (Lipinski definition) is 0. The van der Waals surface area contributed by atoms with Crippen LogP contribution in [0, 0.1) is 0 Å². The Hall–Kier alpha value is -7.30. The highest BCUT2D eigenvalue weighted by Crippen LogP contribution is 2.40. The van der Waals surface area contributed by atoms with Gasteiger partial charge >= 0.3 is 0 Å². The second-order valence-corrected chi connectivity index (χ2v) is 13.8. The van der Waals surface area contributed by atoms with Crippen LogP contribution >= 0.6 is 0 Å². The van der Waals surface area contributed by atoms with Crippen molar-refractivity contribution in [1.82, 2.24) is 19.1 Å². The molecule has 0 saturated heterocycles. The maximum absolute atomic E-state index is 5.44. The van der Waals surface area contributed by atoms with Crippen molar-refractivity contribution in [2.75, 3.05) is 0 Å². The first-order chi connectivity index (χ1) is 26.8. The molecule has 0 aliphatic heterocycles. The van der Waals surface area contributed by atoms with Crippen molar-refractivity contribution >= 4 is 54.6 Å². The van der Waals surface area contributed by atoms with E-state index < -0.39 is 0 Å². The second-order valence-electron chi connectivity index (χ2n) is 13.8. The molecule has 0 unspecified atom stereocenters. The summed E-state index contributed by atoms with van der Waals surface area (Å²) in [6, 6.07) is 68.9. The molecule has 0 N–H and O–H groups in total. The Labute approximate surface area is 311 Å². The van der Waals surface area contributed by atoms with Gasteiger partial charge in [-0.15, -0.1) is 0 Å². The molecule has 0 amide bonds. The van der Waals surface area contributed by atoms with Crippen molar-refractivity contribution in [3.63, 3.8) is 0 Å². The molecule has 4 nitrogen and oxygen atoms in total. The molecular weight excluding hydrogens is 657 g/mol. The lowest BCUT2D eigenvalue weighted by atomic mass is 9.99. The van der Waals surface area contributed by atoms with Crippen LogP contribution in [-0.4, -0.2) is 19.1 Å². The molecule has 8 aromatic carbocycles. The van der Waals surface area contributed by atoms with E-state index in [2.05, 4.69) is 197 Å². The van der Waals surface area contributed by atoms with Crippen LogP contribution in [-0.2, 0) is 0 Å². The zero-order chi connectivity index (χ0) is 35.6. The normalized spacial score (nSPS) is 11.7. The van der Waals surface area contributed by atoms with Crippen LogP contribution in [0.5, 0.6) is 0 Å². The monoisotopic (exact) mass is 688 g/mol. The maximum Gasteiger partial charge on any atom is 0.0973 e. The lowest BCUT2D eigenvalue weighted by molar-refractivity contribution is 1.16. The molecule has 4 heteroatoms. The minimum Gasteiger partial charge on any atom is -0.309 e. The van der Waals surface area contributed by atoms with Crippen LogP contribution in [0.4, 0.5) is 0 Å².